The maximum Gasteiger partial charge on any atom is 0.481 e. The number of benzene rings is 2. The van der Waals surface area contributed by atoms with E-state index in [1.807, 2.05) is 0 Å². The number of anilines is 3. The highest BCUT2D eigenvalue weighted by Gasteiger charge is 2.50. The third-order valence-electron chi connectivity index (χ3n) is 9.35. The van der Waals surface area contributed by atoms with Crippen LogP contribution in [0.5, 0.6) is 0 Å². The van der Waals surface area contributed by atoms with E-state index in [9.17, 15) is 71.0 Å². The van der Waals surface area contributed by atoms with Gasteiger partial charge in [0.1, 0.15) is 36.3 Å². The lowest BCUT2D eigenvalue weighted by Gasteiger charge is -2.30. The summed E-state index contributed by atoms with van der Waals surface area (Å²) in [5, 5.41) is 28.8. The molecule has 1 saturated heterocycles. The Morgan fingerprint density at radius 3 is 2.37 bits per heavy atom. The Hall–Kier alpha value is -4.41. The van der Waals surface area contributed by atoms with Crippen LogP contribution in [0, 0.1) is 5.41 Å². The van der Waals surface area contributed by atoms with Gasteiger partial charge in [0.25, 0.3) is 0 Å². The number of nitrogen functional groups attached to an aromatic ring is 1. The first kappa shape index (κ1) is 53.5. The fourth-order valence-electron chi connectivity index (χ4n) is 6.05. The van der Waals surface area contributed by atoms with Gasteiger partial charge in [0.05, 0.1) is 36.4 Å². The molecule has 25 nitrogen and oxygen atoms in total. The zero-order chi connectivity index (χ0) is 49.5. The van der Waals surface area contributed by atoms with Crippen molar-refractivity contribution >= 4 is 80.5 Å². The number of rotatable bonds is 22. The van der Waals surface area contributed by atoms with E-state index < -0.39 is 101 Å². The maximum absolute atomic E-state index is 13.2. The number of para-hydroxylation sites is 1. The fraction of sp³-hybridized carbons (Fsp3) is 0.429. The zero-order valence-electron chi connectivity index (χ0n) is 34.8. The number of phosphoric acid groups is 3. The summed E-state index contributed by atoms with van der Waals surface area (Å²) in [5.41, 5.74) is 3.84. The number of carbonyl (C=O) groups excluding carboxylic acids is 3. The van der Waals surface area contributed by atoms with Crippen molar-refractivity contribution < 1.29 is 93.7 Å². The second-order valence-corrected chi connectivity index (χ2v) is 20.3. The molecule has 2 amide bonds. The number of alkyl halides is 3. The molecule has 11 N–H and O–H groups in total. The molecule has 0 spiro atoms. The minimum Gasteiger partial charge on any atom is -0.386 e. The standard InChI is InChI=1S/C35H44F3N8O17P3S/c1-34(2,28(49)31(50)41-11-10-24(47)40-12-13-67-33(51)21-8-3-4-9-22(21)45-20-7-5-6-19(14-20)35(36,37)38)16-60-66(57,58)63-65(55,56)59-15-23-27(62-64(52,53)54)26(48)32(61-23)46-18-44-25-29(39)42-17-43-30(25)46/h3-9,14,17-18,23,26-28,32,45,48-49H,10-13,15-16H2,1-2H3,(H,40,47)(H,41,50)(H,55,56)(H,57,58)(H2,39,42,43)(H2,52,53,54). The predicted molar refractivity (Wildman–Crippen MR) is 228 cm³/mol. The summed E-state index contributed by atoms with van der Waals surface area (Å²) >= 11 is 0.835. The number of ether oxygens (including phenoxy) is 1. The summed E-state index contributed by atoms with van der Waals surface area (Å²) in [4.78, 5) is 89.1. The van der Waals surface area contributed by atoms with Crippen LogP contribution in [-0.2, 0) is 52.1 Å². The Morgan fingerprint density at radius 2 is 1.67 bits per heavy atom. The van der Waals surface area contributed by atoms with Crippen LogP contribution in [0.15, 0.2) is 61.2 Å². The van der Waals surface area contributed by atoms with Gasteiger partial charge in [0, 0.05) is 36.4 Å². The molecule has 0 aliphatic carbocycles. The third kappa shape index (κ3) is 15.0. The van der Waals surface area contributed by atoms with Crippen LogP contribution in [0.3, 0.4) is 0 Å². The number of imidazole rings is 1. The van der Waals surface area contributed by atoms with Crippen molar-refractivity contribution in [1.82, 2.24) is 30.2 Å². The van der Waals surface area contributed by atoms with Gasteiger partial charge in [-0.25, -0.2) is 28.6 Å². The lowest BCUT2D eigenvalue weighted by molar-refractivity contribution is -0.138. The van der Waals surface area contributed by atoms with E-state index in [4.69, 9.17) is 19.5 Å². The van der Waals surface area contributed by atoms with E-state index in [-0.39, 0.29) is 59.2 Å². The first-order valence-corrected chi connectivity index (χ1v) is 24.8. The number of phosphoric ester groups is 3. The Kier molecular flexibility index (Phi) is 17.5. The van der Waals surface area contributed by atoms with Crippen molar-refractivity contribution in [2.45, 2.75) is 57.1 Å². The van der Waals surface area contributed by atoms with Crippen molar-refractivity contribution in [2.75, 3.05) is 43.1 Å². The molecule has 2 aromatic carbocycles. The molecule has 0 bridgehead atoms. The number of halogens is 3. The summed E-state index contributed by atoms with van der Waals surface area (Å²) in [6, 6.07) is 10.6. The van der Waals surface area contributed by atoms with Gasteiger partial charge in [0.2, 0.25) is 16.9 Å². The number of nitrogens with two attached hydrogens (primary N) is 1. The van der Waals surface area contributed by atoms with Crippen LogP contribution in [-0.4, -0.2) is 123 Å². The lowest BCUT2D eigenvalue weighted by Crippen LogP contribution is -2.46. The fourth-order valence-corrected chi connectivity index (χ4v) is 9.60. The summed E-state index contributed by atoms with van der Waals surface area (Å²) in [6.45, 7) is 0.0264. The Bertz CT molecular complexity index is 2570. The number of aromatic nitrogens is 4. The van der Waals surface area contributed by atoms with Crippen molar-refractivity contribution in [3.63, 3.8) is 0 Å². The van der Waals surface area contributed by atoms with Crippen molar-refractivity contribution in [2.24, 2.45) is 5.41 Å². The second kappa shape index (κ2) is 21.9. The number of thioether (sulfide) groups is 1. The zero-order valence-corrected chi connectivity index (χ0v) is 38.3. The van der Waals surface area contributed by atoms with E-state index >= 15 is 0 Å². The van der Waals surface area contributed by atoms with Gasteiger partial charge >= 0.3 is 29.6 Å². The molecule has 0 radical (unpaired) electrons. The summed E-state index contributed by atoms with van der Waals surface area (Å²) in [6.07, 6.45) is -11.8. The Balaban J connectivity index is 1.03. The molecule has 0 saturated carbocycles. The van der Waals surface area contributed by atoms with E-state index in [1.54, 1.807) is 12.1 Å². The van der Waals surface area contributed by atoms with Gasteiger partial charge < -0.3 is 56.2 Å². The number of hydrogen-bond donors (Lipinski definition) is 10. The van der Waals surface area contributed by atoms with Gasteiger partial charge in [0.15, 0.2) is 17.7 Å². The number of amides is 2. The first-order valence-electron chi connectivity index (χ1n) is 19.3. The number of nitrogens with zero attached hydrogens (tertiary/aromatic N) is 4. The number of carbonyl (C=O) groups is 3. The summed E-state index contributed by atoms with van der Waals surface area (Å²) in [5.74, 6) is -1.56. The third-order valence-corrected chi connectivity index (χ3v) is 13.3. The SMILES string of the molecule is CC(C)(COP(=O)(O)OP(=O)(O)OCC1OC(n2cnc3c(N)ncnc32)C(O)C1OP(=O)(O)O)C(O)C(=O)NCCC(=O)NCCSC(=O)c1ccccc1Nc1cccc(C(F)(F)F)c1. The van der Waals surface area contributed by atoms with Gasteiger partial charge in [-0.2, -0.15) is 17.5 Å². The molecule has 2 aromatic heterocycles. The van der Waals surface area contributed by atoms with Gasteiger partial charge in [-0.3, -0.25) is 32.5 Å². The first-order chi connectivity index (χ1) is 31.2. The van der Waals surface area contributed by atoms with E-state index in [0.717, 1.165) is 41.1 Å². The number of aliphatic hydroxyl groups is 2. The number of nitrogens with one attached hydrogen (secondary N) is 3. The van der Waals surface area contributed by atoms with E-state index in [0.29, 0.717) is 0 Å². The number of hydrogen-bond acceptors (Lipinski definition) is 19. The molecule has 5 rings (SSSR count). The molecule has 368 valence electrons. The average molecular weight is 1030 g/mol. The molecule has 7 atom stereocenters. The normalized spacial score (nSPS) is 20.2. The molecule has 7 unspecified atom stereocenters. The van der Waals surface area contributed by atoms with Crippen LogP contribution in [0.2, 0.25) is 0 Å². The summed E-state index contributed by atoms with van der Waals surface area (Å²) < 4.78 is 102. The van der Waals surface area contributed by atoms with Crippen molar-refractivity contribution in [3.8, 4) is 0 Å². The minimum absolute atomic E-state index is 0.00828. The molecule has 1 aliphatic heterocycles. The van der Waals surface area contributed by atoms with Crippen LogP contribution in [0.4, 0.5) is 30.4 Å². The molecule has 32 heteroatoms. The van der Waals surface area contributed by atoms with E-state index in [2.05, 4.69) is 39.7 Å². The molecule has 4 aromatic rings. The van der Waals surface area contributed by atoms with Crippen molar-refractivity contribution in [1.29, 1.82) is 0 Å². The topological polar surface area (TPSA) is 376 Å². The highest BCUT2D eigenvalue weighted by Crippen LogP contribution is 2.61. The van der Waals surface area contributed by atoms with Gasteiger partial charge in [-0.05, 0) is 30.3 Å². The van der Waals surface area contributed by atoms with Crippen LogP contribution >= 0.6 is 35.2 Å². The molecular formula is C35H44F3N8O17P3S. The van der Waals surface area contributed by atoms with Crippen LogP contribution < -0.4 is 21.7 Å². The number of aliphatic hydroxyl groups excluding tert-OH is 2. The van der Waals surface area contributed by atoms with Gasteiger partial charge in [-0.15, -0.1) is 0 Å². The minimum atomic E-state index is -5.62. The molecule has 1 aliphatic rings. The number of fused-ring (bicyclic) bond motifs is 1. The largest absolute Gasteiger partial charge is 0.481 e. The Morgan fingerprint density at radius 1 is 0.970 bits per heavy atom. The monoisotopic (exact) mass is 1030 g/mol. The quantitative estimate of drug-likeness (QED) is 0.0399. The smallest absolute Gasteiger partial charge is 0.386 e. The molecule has 67 heavy (non-hydrogen) atoms. The lowest BCUT2D eigenvalue weighted by atomic mass is 9.87. The van der Waals surface area contributed by atoms with Crippen LogP contribution in [0.25, 0.3) is 11.2 Å². The molecule has 3 heterocycles. The molecular weight excluding hydrogens is 986 g/mol. The Labute approximate surface area is 381 Å². The maximum atomic E-state index is 13.2. The van der Waals surface area contributed by atoms with Gasteiger partial charge in [-0.1, -0.05) is 43.8 Å². The van der Waals surface area contributed by atoms with Crippen molar-refractivity contribution in [3.05, 3.63) is 72.3 Å². The highest BCUT2D eigenvalue weighted by atomic mass is 32.2. The van der Waals surface area contributed by atoms with Crippen LogP contribution in [0.1, 0.15) is 42.4 Å². The predicted octanol–water partition coefficient (Wildman–Crippen LogP) is 2.74. The average Bonchev–Trinajstić information content (AvgIpc) is 3.80. The van der Waals surface area contributed by atoms with E-state index in [1.165, 1.54) is 38.1 Å². The molecule has 1 fully saturated rings. The highest BCUT2D eigenvalue weighted by molar-refractivity contribution is 8.14. The second-order valence-electron chi connectivity index (χ2n) is 15.0. The summed E-state index contributed by atoms with van der Waals surface area (Å²) in [7, 11) is -16.5.